The topological polar surface area (TPSA) is 86.5 Å². The van der Waals surface area contributed by atoms with Crippen molar-refractivity contribution in [3.63, 3.8) is 0 Å². The second-order valence-corrected chi connectivity index (χ2v) is 3.57. The fraction of sp³-hybridized carbons (Fsp3) is 0.417. The molecule has 0 unspecified atom stereocenters. The van der Waals surface area contributed by atoms with E-state index in [2.05, 4.69) is 4.98 Å². The van der Waals surface area contributed by atoms with Gasteiger partial charge in [-0.1, -0.05) is 0 Å². The van der Waals surface area contributed by atoms with Crippen molar-refractivity contribution >= 4 is 11.8 Å². The van der Waals surface area contributed by atoms with Crippen LogP contribution in [0.15, 0.2) is 18.3 Å². The van der Waals surface area contributed by atoms with Crippen LogP contribution in [-0.2, 0) is 4.74 Å². The second kappa shape index (κ2) is 7.25. The first-order valence-electron chi connectivity index (χ1n) is 5.50. The average Bonchev–Trinajstić information content (AvgIpc) is 2.39. The van der Waals surface area contributed by atoms with Crippen LogP contribution < -0.4 is 4.90 Å². The minimum Gasteiger partial charge on any atom is -0.478 e. The van der Waals surface area contributed by atoms with Crippen molar-refractivity contribution in [1.29, 1.82) is 5.26 Å². The van der Waals surface area contributed by atoms with E-state index in [9.17, 15) is 4.79 Å². The molecule has 0 bridgehead atoms. The van der Waals surface area contributed by atoms with Gasteiger partial charge in [0, 0.05) is 26.4 Å². The molecule has 0 radical (unpaired) electrons. The number of hydrogen-bond acceptors (Lipinski definition) is 5. The van der Waals surface area contributed by atoms with Gasteiger partial charge < -0.3 is 14.7 Å². The molecule has 0 saturated carbocycles. The van der Waals surface area contributed by atoms with Crippen LogP contribution in [0.5, 0.6) is 0 Å². The van der Waals surface area contributed by atoms with Crippen LogP contribution in [0.3, 0.4) is 0 Å². The van der Waals surface area contributed by atoms with E-state index in [4.69, 9.17) is 15.1 Å². The molecule has 0 aliphatic carbocycles. The molecular weight excluding hydrogens is 234 g/mol. The van der Waals surface area contributed by atoms with Crippen LogP contribution in [0, 0.1) is 11.3 Å². The number of carboxylic acids is 1. The van der Waals surface area contributed by atoms with Crippen LogP contribution in [0.2, 0.25) is 0 Å². The Balaban J connectivity index is 2.96. The third kappa shape index (κ3) is 3.71. The fourth-order valence-corrected chi connectivity index (χ4v) is 1.53. The lowest BCUT2D eigenvalue weighted by Gasteiger charge is -2.23. The summed E-state index contributed by atoms with van der Waals surface area (Å²) in [5.74, 6) is -0.658. The summed E-state index contributed by atoms with van der Waals surface area (Å²) < 4.78 is 4.97. The van der Waals surface area contributed by atoms with E-state index in [0.717, 1.165) is 0 Å². The number of hydrogen-bond donors (Lipinski definition) is 1. The number of nitrogens with zero attached hydrogens (tertiary/aromatic N) is 3. The van der Waals surface area contributed by atoms with E-state index in [1.165, 1.54) is 12.3 Å². The lowest BCUT2D eigenvalue weighted by atomic mass is 10.2. The normalized spacial score (nSPS) is 9.78. The largest absolute Gasteiger partial charge is 0.478 e. The molecule has 0 atom stereocenters. The Morgan fingerprint density at radius 2 is 2.39 bits per heavy atom. The first-order chi connectivity index (χ1) is 8.70. The van der Waals surface area contributed by atoms with Gasteiger partial charge >= 0.3 is 5.97 Å². The quantitative estimate of drug-likeness (QED) is 0.780. The van der Waals surface area contributed by atoms with E-state index in [1.54, 1.807) is 18.1 Å². The second-order valence-electron chi connectivity index (χ2n) is 3.57. The molecule has 0 aromatic carbocycles. The van der Waals surface area contributed by atoms with Crippen molar-refractivity contribution in [2.45, 2.75) is 6.42 Å². The molecule has 1 aromatic rings. The third-order valence-electron chi connectivity index (χ3n) is 2.38. The first kappa shape index (κ1) is 13.9. The molecule has 6 nitrogen and oxygen atoms in total. The van der Waals surface area contributed by atoms with Crippen molar-refractivity contribution in [2.75, 3.05) is 31.7 Å². The zero-order chi connectivity index (χ0) is 13.4. The van der Waals surface area contributed by atoms with Gasteiger partial charge in [0.15, 0.2) is 0 Å². The van der Waals surface area contributed by atoms with Crippen molar-refractivity contribution in [3.8, 4) is 6.07 Å². The monoisotopic (exact) mass is 249 g/mol. The van der Waals surface area contributed by atoms with Crippen molar-refractivity contribution in [1.82, 2.24) is 4.98 Å². The number of rotatable bonds is 7. The van der Waals surface area contributed by atoms with Gasteiger partial charge in [-0.15, -0.1) is 0 Å². The van der Waals surface area contributed by atoms with E-state index >= 15 is 0 Å². The highest BCUT2D eigenvalue weighted by Crippen LogP contribution is 2.17. The number of aromatic nitrogens is 1. The van der Waals surface area contributed by atoms with Crippen LogP contribution in [0.4, 0.5) is 5.82 Å². The number of methoxy groups -OCH3 is 1. The zero-order valence-corrected chi connectivity index (χ0v) is 10.2. The van der Waals surface area contributed by atoms with Crippen molar-refractivity contribution in [3.05, 3.63) is 23.9 Å². The Morgan fingerprint density at radius 1 is 1.61 bits per heavy atom. The Morgan fingerprint density at radius 3 is 3.00 bits per heavy atom. The molecule has 0 aliphatic rings. The van der Waals surface area contributed by atoms with Gasteiger partial charge in [-0.2, -0.15) is 5.26 Å². The van der Waals surface area contributed by atoms with Crippen molar-refractivity contribution in [2.24, 2.45) is 0 Å². The summed E-state index contributed by atoms with van der Waals surface area (Å²) in [5, 5.41) is 17.7. The van der Waals surface area contributed by atoms with Gasteiger partial charge in [0.1, 0.15) is 11.4 Å². The van der Waals surface area contributed by atoms with Gasteiger partial charge in [0.05, 0.1) is 19.1 Å². The minimum absolute atomic E-state index is 0.131. The molecule has 18 heavy (non-hydrogen) atoms. The van der Waals surface area contributed by atoms with Crippen LogP contribution in [-0.4, -0.2) is 42.9 Å². The maximum absolute atomic E-state index is 11.1. The lowest BCUT2D eigenvalue weighted by molar-refractivity contribution is 0.0697. The summed E-state index contributed by atoms with van der Waals surface area (Å²) in [4.78, 5) is 16.9. The average molecular weight is 249 g/mol. The molecule has 0 saturated heterocycles. The first-order valence-corrected chi connectivity index (χ1v) is 5.50. The summed E-state index contributed by atoms with van der Waals surface area (Å²) in [6.45, 7) is 1.37. The zero-order valence-electron chi connectivity index (χ0n) is 10.2. The number of carboxylic acid groups (broad SMARTS) is 1. The number of nitriles is 1. The highest BCUT2D eigenvalue weighted by molar-refractivity contribution is 5.93. The fourth-order valence-electron chi connectivity index (χ4n) is 1.53. The van der Waals surface area contributed by atoms with Gasteiger partial charge in [0.2, 0.25) is 0 Å². The Labute approximate surface area is 105 Å². The van der Waals surface area contributed by atoms with Crippen LogP contribution >= 0.6 is 0 Å². The molecule has 1 heterocycles. The summed E-state index contributed by atoms with van der Waals surface area (Å²) in [6, 6.07) is 5.11. The van der Waals surface area contributed by atoms with Crippen molar-refractivity contribution < 1.29 is 14.6 Å². The van der Waals surface area contributed by atoms with E-state index in [1.807, 2.05) is 6.07 Å². The molecular formula is C12H15N3O3. The van der Waals surface area contributed by atoms with E-state index in [-0.39, 0.29) is 5.56 Å². The summed E-state index contributed by atoms with van der Waals surface area (Å²) >= 11 is 0. The maximum atomic E-state index is 11.1. The molecule has 0 fully saturated rings. The Hall–Kier alpha value is -2.13. The van der Waals surface area contributed by atoms with E-state index in [0.29, 0.717) is 31.9 Å². The highest BCUT2D eigenvalue weighted by atomic mass is 16.5. The Kier molecular flexibility index (Phi) is 5.61. The predicted octanol–water partition coefficient (Wildman–Crippen LogP) is 1.15. The maximum Gasteiger partial charge on any atom is 0.339 e. The van der Waals surface area contributed by atoms with Gasteiger partial charge in [-0.25, -0.2) is 9.78 Å². The molecule has 1 N–H and O–H groups in total. The highest BCUT2D eigenvalue weighted by Gasteiger charge is 2.16. The molecule has 0 spiro atoms. The third-order valence-corrected chi connectivity index (χ3v) is 2.38. The molecule has 1 rings (SSSR count). The summed E-state index contributed by atoms with van der Waals surface area (Å²) in [7, 11) is 1.57. The smallest absolute Gasteiger partial charge is 0.339 e. The number of aromatic carboxylic acids is 1. The molecule has 96 valence electrons. The number of ether oxygens (including phenoxy) is 1. The van der Waals surface area contributed by atoms with Crippen LogP contribution in [0.25, 0.3) is 0 Å². The van der Waals surface area contributed by atoms with Crippen LogP contribution in [0.1, 0.15) is 16.8 Å². The molecule has 1 aromatic heterocycles. The molecule has 0 amide bonds. The van der Waals surface area contributed by atoms with Gasteiger partial charge in [-0.3, -0.25) is 0 Å². The standard InChI is InChI=1S/C12H15N3O3/c1-18-9-8-15(7-3-5-13)11-10(12(16)17)4-2-6-14-11/h2,4,6H,3,7-9H2,1H3,(H,16,17). The van der Waals surface area contributed by atoms with Gasteiger partial charge in [0.25, 0.3) is 0 Å². The van der Waals surface area contributed by atoms with E-state index < -0.39 is 5.97 Å². The summed E-state index contributed by atoms with van der Waals surface area (Å²) in [5.41, 5.74) is 0.131. The predicted molar refractivity (Wildman–Crippen MR) is 65.5 cm³/mol. The van der Waals surface area contributed by atoms with Gasteiger partial charge in [-0.05, 0) is 12.1 Å². The lowest BCUT2D eigenvalue weighted by Crippen LogP contribution is -2.30. The number of anilines is 1. The molecule has 0 aliphatic heterocycles. The Bertz CT molecular complexity index is 442. The minimum atomic E-state index is -1.03. The number of carbonyl (C=O) groups is 1. The summed E-state index contributed by atoms with van der Waals surface area (Å²) in [6.07, 6.45) is 1.84. The SMILES string of the molecule is COCCN(CCC#N)c1ncccc1C(=O)O. The molecule has 6 heteroatoms. The number of pyridine rings is 1.